The van der Waals surface area contributed by atoms with Crippen LogP contribution in [0.1, 0.15) is 30.3 Å². The molecule has 0 aliphatic carbocycles. The van der Waals surface area contributed by atoms with Crippen LogP contribution in [0.3, 0.4) is 0 Å². The van der Waals surface area contributed by atoms with Crippen LogP contribution in [-0.2, 0) is 13.0 Å². The summed E-state index contributed by atoms with van der Waals surface area (Å²) in [7, 11) is 2.05. The molecule has 0 radical (unpaired) electrons. The lowest BCUT2D eigenvalue weighted by molar-refractivity contribution is 0.563. The molecule has 0 amide bonds. The quantitative estimate of drug-likeness (QED) is 0.812. The van der Waals surface area contributed by atoms with Crippen LogP contribution >= 0.6 is 0 Å². The zero-order valence-electron chi connectivity index (χ0n) is 11.2. The maximum absolute atomic E-state index is 5.09. The minimum Gasteiger partial charge on any atom is -0.472 e. The molecule has 0 saturated heterocycles. The van der Waals surface area contributed by atoms with E-state index in [1.54, 1.807) is 12.5 Å². The van der Waals surface area contributed by atoms with Crippen LogP contribution in [0, 0.1) is 6.92 Å². The molecule has 0 aliphatic heterocycles. The molecular formula is C14H19N3O. The highest BCUT2D eigenvalue weighted by Gasteiger charge is 2.11. The van der Waals surface area contributed by atoms with Gasteiger partial charge in [-0.25, -0.2) is 9.97 Å². The standard InChI is InChI=1S/C14H19N3O/c1-4-5-13-8-15-11(2)16-14(13)17(3)9-12-6-7-18-10-12/h6-8,10H,4-5,9H2,1-3H3. The number of aryl methyl sites for hydroxylation is 2. The molecule has 0 aromatic carbocycles. The minimum atomic E-state index is 0.795. The van der Waals surface area contributed by atoms with Gasteiger partial charge in [0.15, 0.2) is 0 Å². The van der Waals surface area contributed by atoms with Crippen molar-refractivity contribution in [1.29, 1.82) is 0 Å². The van der Waals surface area contributed by atoms with Crippen LogP contribution in [0.5, 0.6) is 0 Å². The normalized spacial score (nSPS) is 10.6. The van der Waals surface area contributed by atoms with Crippen molar-refractivity contribution < 1.29 is 4.42 Å². The predicted molar refractivity (Wildman–Crippen MR) is 71.6 cm³/mol. The van der Waals surface area contributed by atoms with Crippen molar-refractivity contribution in [3.63, 3.8) is 0 Å². The van der Waals surface area contributed by atoms with Crippen molar-refractivity contribution in [1.82, 2.24) is 9.97 Å². The topological polar surface area (TPSA) is 42.2 Å². The van der Waals surface area contributed by atoms with Gasteiger partial charge in [-0.1, -0.05) is 13.3 Å². The van der Waals surface area contributed by atoms with Gasteiger partial charge in [0, 0.05) is 30.9 Å². The van der Waals surface area contributed by atoms with Crippen molar-refractivity contribution in [2.24, 2.45) is 0 Å². The van der Waals surface area contributed by atoms with E-state index in [0.29, 0.717) is 0 Å². The van der Waals surface area contributed by atoms with Crippen LogP contribution in [0.15, 0.2) is 29.2 Å². The average molecular weight is 245 g/mol. The zero-order valence-corrected chi connectivity index (χ0v) is 11.2. The Bertz CT molecular complexity index is 494. The molecule has 2 aromatic rings. The van der Waals surface area contributed by atoms with E-state index in [2.05, 4.69) is 21.8 Å². The lowest BCUT2D eigenvalue weighted by atomic mass is 10.1. The number of nitrogens with zero attached hydrogens (tertiary/aromatic N) is 3. The van der Waals surface area contributed by atoms with Crippen LogP contribution in [0.4, 0.5) is 5.82 Å². The van der Waals surface area contributed by atoms with Crippen molar-refractivity contribution in [2.45, 2.75) is 33.2 Å². The van der Waals surface area contributed by atoms with E-state index in [1.807, 2.05) is 26.2 Å². The fraction of sp³-hybridized carbons (Fsp3) is 0.429. The number of aromatic nitrogens is 2. The van der Waals surface area contributed by atoms with Crippen LogP contribution in [-0.4, -0.2) is 17.0 Å². The first-order chi connectivity index (χ1) is 8.70. The molecule has 0 N–H and O–H groups in total. The van der Waals surface area contributed by atoms with E-state index in [1.165, 1.54) is 5.56 Å². The molecule has 0 atom stereocenters. The first-order valence-electron chi connectivity index (χ1n) is 6.25. The summed E-state index contributed by atoms with van der Waals surface area (Å²) >= 11 is 0. The Morgan fingerprint density at radius 1 is 1.39 bits per heavy atom. The van der Waals surface area contributed by atoms with E-state index >= 15 is 0 Å². The van der Waals surface area contributed by atoms with Gasteiger partial charge in [-0.3, -0.25) is 0 Å². The van der Waals surface area contributed by atoms with Gasteiger partial charge in [0.25, 0.3) is 0 Å². The van der Waals surface area contributed by atoms with Crippen molar-refractivity contribution in [3.05, 3.63) is 41.7 Å². The molecule has 0 saturated carbocycles. The molecule has 2 aromatic heterocycles. The summed E-state index contributed by atoms with van der Waals surface area (Å²) in [6, 6.07) is 1.98. The second kappa shape index (κ2) is 5.67. The predicted octanol–water partition coefficient (Wildman–Crippen LogP) is 2.97. The van der Waals surface area contributed by atoms with Crippen LogP contribution < -0.4 is 4.90 Å². The Hall–Kier alpha value is -1.84. The molecule has 4 heteroatoms. The second-order valence-corrected chi connectivity index (χ2v) is 4.50. The monoisotopic (exact) mass is 245 g/mol. The number of anilines is 1. The third-order valence-corrected chi connectivity index (χ3v) is 2.84. The summed E-state index contributed by atoms with van der Waals surface area (Å²) in [4.78, 5) is 11.0. The highest BCUT2D eigenvalue weighted by Crippen LogP contribution is 2.19. The SMILES string of the molecule is CCCc1cnc(C)nc1N(C)Cc1ccoc1. The molecule has 0 fully saturated rings. The van der Waals surface area contributed by atoms with E-state index < -0.39 is 0 Å². The molecule has 96 valence electrons. The van der Waals surface area contributed by atoms with Crippen molar-refractivity contribution in [3.8, 4) is 0 Å². The molecule has 2 rings (SSSR count). The smallest absolute Gasteiger partial charge is 0.135 e. The molecule has 18 heavy (non-hydrogen) atoms. The van der Waals surface area contributed by atoms with Gasteiger partial charge in [0.2, 0.25) is 0 Å². The van der Waals surface area contributed by atoms with Gasteiger partial charge >= 0.3 is 0 Å². The van der Waals surface area contributed by atoms with Gasteiger partial charge in [0.05, 0.1) is 12.5 Å². The Kier molecular flexibility index (Phi) is 3.97. The summed E-state index contributed by atoms with van der Waals surface area (Å²) in [5, 5.41) is 0. The lowest BCUT2D eigenvalue weighted by Crippen LogP contribution is -2.20. The lowest BCUT2D eigenvalue weighted by Gasteiger charge is -2.20. The molecule has 4 nitrogen and oxygen atoms in total. The van der Waals surface area contributed by atoms with Gasteiger partial charge in [-0.05, 0) is 19.4 Å². The maximum atomic E-state index is 5.09. The molecule has 0 spiro atoms. The summed E-state index contributed by atoms with van der Waals surface area (Å²) < 4.78 is 5.09. The van der Waals surface area contributed by atoms with Gasteiger partial charge in [0.1, 0.15) is 11.6 Å². The fourth-order valence-corrected chi connectivity index (χ4v) is 1.99. The summed E-state index contributed by atoms with van der Waals surface area (Å²) in [5.74, 6) is 1.83. The van der Waals surface area contributed by atoms with Gasteiger partial charge < -0.3 is 9.32 Å². The van der Waals surface area contributed by atoms with Gasteiger partial charge in [-0.2, -0.15) is 0 Å². The number of hydrogen-bond donors (Lipinski definition) is 0. The second-order valence-electron chi connectivity index (χ2n) is 4.50. The summed E-state index contributed by atoms with van der Waals surface area (Å²) in [6.07, 6.45) is 7.50. The maximum Gasteiger partial charge on any atom is 0.135 e. The Morgan fingerprint density at radius 3 is 2.89 bits per heavy atom. The third-order valence-electron chi connectivity index (χ3n) is 2.84. The summed E-state index contributed by atoms with van der Waals surface area (Å²) in [6.45, 7) is 4.88. The Balaban J connectivity index is 2.22. The molecule has 0 aliphatic rings. The molecular weight excluding hydrogens is 226 g/mol. The Morgan fingerprint density at radius 2 is 2.22 bits per heavy atom. The van der Waals surface area contributed by atoms with Gasteiger partial charge in [-0.15, -0.1) is 0 Å². The number of hydrogen-bond acceptors (Lipinski definition) is 4. The number of rotatable bonds is 5. The Labute approximate surface area is 108 Å². The number of furan rings is 1. The van der Waals surface area contributed by atoms with E-state index in [0.717, 1.165) is 36.6 Å². The highest BCUT2D eigenvalue weighted by molar-refractivity contribution is 5.45. The highest BCUT2D eigenvalue weighted by atomic mass is 16.3. The average Bonchev–Trinajstić information content (AvgIpc) is 2.84. The van der Waals surface area contributed by atoms with Crippen molar-refractivity contribution >= 4 is 5.82 Å². The third kappa shape index (κ3) is 2.88. The first-order valence-corrected chi connectivity index (χ1v) is 6.25. The first kappa shape index (κ1) is 12.6. The molecule has 0 unspecified atom stereocenters. The zero-order chi connectivity index (χ0) is 13.0. The van der Waals surface area contributed by atoms with E-state index in [-0.39, 0.29) is 0 Å². The molecule has 2 heterocycles. The summed E-state index contributed by atoms with van der Waals surface area (Å²) in [5.41, 5.74) is 2.35. The fourth-order valence-electron chi connectivity index (χ4n) is 1.99. The van der Waals surface area contributed by atoms with E-state index in [4.69, 9.17) is 4.42 Å². The minimum absolute atomic E-state index is 0.795. The van der Waals surface area contributed by atoms with Crippen LogP contribution in [0.2, 0.25) is 0 Å². The largest absolute Gasteiger partial charge is 0.472 e. The van der Waals surface area contributed by atoms with Crippen LogP contribution in [0.25, 0.3) is 0 Å². The van der Waals surface area contributed by atoms with Crippen molar-refractivity contribution in [2.75, 3.05) is 11.9 Å². The van der Waals surface area contributed by atoms with E-state index in [9.17, 15) is 0 Å². The molecule has 0 bridgehead atoms.